The van der Waals surface area contributed by atoms with Crippen LogP contribution >= 0.6 is 12.4 Å². The number of para-hydroxylation sites is 1. The normalized spacial score (nSPS) is 11.9. The van der Waals surface area contributed by atoms with Gasteiger partial charge in [-0.15, -0.1) is 12.4 Å². The lowest BCUT2D eigenvalue weighted by atomic mass is 10.1. The van der Waals surface area contributed by atoms with E-state index in [1.54, 1.807) is 0 Å². The third-order valence-corrected chi connectivity index (χ3v) is 3.17. The van der Waals surface area contributed by atoms with Gasteiger partial charge in [-0.2, -0.15) is 0 Å². The van der Waals surface area contributed by atoms with Crippen molar-refractivity contribution >= 4 is 29.3 Å². The maximum Gasteiger partial charge on any atom is 0.287 e. The summed E-state index contributed by atoms with van der Waals surface area (Å²) >= 11 is 0. The number of carbonyl (C=O) groups excluding carboxylic acids is 1. The predicted octanol–water partition coefficient (Wildman–Crippen LogP) is 2.89. The zero-order valence-corrected chi connectivity index (χ0v) is 12.8. The predicted molar refractivity (Wildman–Crippen MR) is 83.7 cm³/mol. The number of hydrogen-bond acceptors (Lipinski definition) is 3. The molecule has 2 aromatic rings. The zero-order valence-electron chi connectivity index (χ0n) is 12.0. The summed E-state index contributed by atoms with van der Waals surface area (Å²) in [6.45, 7) is 7.47. The molecule has 0 unspecified atom stereocenters. The Bertz CT molecular complexity index is 580. The Hall–Kier alpha value is -1.52. The molecule has 4 nitrogen and oxygen atoms in total. The van der Waals surface area contributed by atoms with Gasteiger partial charge in [0.05, 0.1) is 0 Å². The number of benzene rings is 1. The molecule has 110 valence electrons. The van der Waals surface area contributed by atoms with E-state index in [1.165, 1.54) is 0 Å². The van der Waals surface area contributed by atoms with Crippen molar-refractivity contribution in [3.05, 3.63) is 35.6 Å². The molecule has 1 aromatic heterocycles. The summed E-state index contributed by atoms with van der Waals surface area (Å²) < 4.78 is 5.62. The number of rotatable bonds is 5. The van der Waals surface area contributed by atoms with Crippen LogP contribution in [0.1, 0.15) is 30.0 Å². The third kappa shape index (κ3) is 3.52. The Kier molecular flexibility index (Phi) is 6.05. The first-order valence-corrected chi connectivity index (χ1v) is 6.63. The highest BCUT2D eigenvalue weighted by atomic mass is 35.5. The van der Waals surface area contributed by atoms with Crippen LogP contribution in [0.15, 0.2) is 28.7 Å². The number of amides is 1. The lowest BCUT2D eigenvalue weighted by Crippen LogP contribution is -2.38. The number of nitrogens with one attached hydrogen (secondary N) is 2. The molecule has 0 aliphatic carbocycles. The van der Waals surface area contributed by atoms with E-state index in [0.717, 1.165) is 23.1 Å². The molecule has 1 aromatic carbocycles. The van der Waals surface area contributed by atoms with Gasteiger partial charge < -0.3 is 15.1 Å². The first-order chi connectivity index (χ1) is 9.13. The van der Waals surface area contributed by atoms with E-state index >= 15 is 0 Å². The summed E-state index contributed by atoms with van der Waals surface area (Å²) in [7, 11) is 0. The molecule has 1 amide bonds. The van der Waals surface area contributed by atoms with Gasteiger partial charge in [0.15, 0.2) is 5.76 Å². The van der Waals surface area contributed by atoms with Crippen molar-refractivity contribution in [2.24, 2.45) is 0 Å². The Balaban J connectivity index is 0.00000200. The number of furan rings is 1. The number of likely N-dealkylation sites (N-methyl/N-ethyl adjacent to an activating group) is 1. The molecule has 0 aliphatic rings. The summed E-state index contributed by atoms with van der Waals surface area (Å²) in [4.78, 5) is 12.1. The highest BCUT2D eigenvalue weighted by molar-refractivity contribution is 5.98. The largest absolute Gasteiger partial charge is 0.451 e. The molecule has 0 radical (unpaired) electrons. The van der Waals surface area contributed by atoms with Crippen LogP contribution in [0.3, 0.4) is 0 Å². The van der Waals surface area contributed by atoms with E-state index in [1.807, 2.05) is 45.0 Å². The number of halogens is 1. The molecule has 0 saturated heterocycles. The smallest absolute Gasteiger partial charge is 0.287 e. The van der Waals surface area contributed by atoms with Crippen molar-refractivity contribution in [3.63, 3.8) is 0 Å². The molecule has 0 saturated carbocycles. The maximum atomic E-state index is 12.1. The Morgan fingerprint density at radius 3 is 2.70 bits per heavy atom. The van der Waals surface area contributed by atoms with E-state index in [0.29, 0.717) is 12.3 Å². The van der Waals surface area contributed by atoms with Gasteiger partial charge in [-0.05, 0) is 26.5 Å². The van der Waals surface area contributed by atoms with Crippen molar-refractivity contribution in [1.82, 2.24) is 10.6 Å². The third-order valence-electron chi connectivity index (χ3n) is 3.17. The minimum absolute atomic E-state index is 0. The molecule has 1 heterocycles. The fourth-order valence-electron chi connectivity index (χ4n) is 2.14. The molecule has 2 rings (SSSR count). The van der Waals surface area contributed by atoms with E-state index in [-0.39, 0.29) is 24.4 Å². The summed E-state index contributed by atoms with van der Waals surface area (Å²) in [6.07, 6.45) is 0. The summed E-state index contributed by atoms with van der Waals surface area (Å²) in [5, 5.41) is 7.13. The molecule has 5 heteroatoms. The molecule has 2 N–H and O–H groups in total. The Labute approximate surface area is 125 Å². The van der Waals surface area contributed by atoms with Gasteiger partial charge >= 0.3 is 0 Å². The van der Waals surface area contributed by atoms with Crippen molar-refractivity contribution in [1.29, 1.82) is 0 Å². The molecule has 0 bridgehead atoms. The fraction of sp³-hybridized carbons (Fsp3) is 0.400. The summed E-state index contributed by atoms with van der Waals surface area (Å²) in [5.74, 6) is 0.253. The molecule has 20 heavy (non-hydrogen) atoms. The van der Waals surface area contributed by atoms with E-state index < -0.39 is 0 Å². The minimum atomic E-state index is -0.154. The van der Waals surface area contributed by atoms with E-state index in [4.69, 9.17) is 4.42 Å². The van der Waals surface area contributed by atoms with Crippen LogP contribution < -0.4 is 10.6 Å². The SMILES string of the molecule is CCN[C@H](C)CNC(=O)c1oc2ccccc2c1C.Cl. The van der Waals surface area contributed by atoms with Crippen LogP contribution in [0, 0.1) is 6.92 Å². The summed E-state index contributed by atoms with van der Waals surface area (Å²) in [6, 6.07) is 7.94. The molecule has 1 atom stereocenters. The van der Waals surface area contributed by atoms with Gasteiger partial charge in [0.2, 0.25) is 0 Å². The Morgan fingerprint density at radius 2 is 2.05 bits per heavy atom. The number of fused-ring (bicyclic) bond motifs is 1. The van der Waals surface area contributed by atoms with Gasteiger partial charge in [0.1, 0.15) is 5.58 Å². The van der Waals surface area contributed by atoms with Crippen molar-refractivity contribution < 1.29 is 9.21 Å². The van der Waals surface area contributed by atoms with E-state index in [2.05, 4.69) is 10.6 Å². The van der Waals surface area contributed by atoms with E-state index in [9.17, 15) is 4.79 Å². The van der Waals surface area contributed by atoms with Crippen molar-refractivity contribution in [2.45, 2.75) is 26.8 Å². The lowest BCUT2D eigenvalue weighted by molar-refractivity contribution is 0.0924. The molecular formula is C15H21ClN2O2. The number of carbonyl (C=O) groups is 1. The van der Waals surface area contributed by atoms with Crippen molar-refractivity contribution in [3.8, 4) is 0 Å². The first-order valence-electron chi connectivity index (χ1n) is 6.63. The maximum absolute atomic E-state index is 12.1. The van der Waals surface area contributed by atoms with Crippen LogP contribution in [0.4, 0.5) is 0 Å². The second kappa shape index (κ2) is 7.31. The molecule has 0 fully saturated rings. The number of aryl methyl sites for hydroxylation is 1. The van der Waals surface area contributed by atoms with Crippen molar-refractivity contribution in [2.75, 3.05) is 13.1 Å². The molecular weight excluding hydrogens is 276 g/mol. The second-order valence-corrected chi connectivity index (χ2v) is 4.72. The average molecular weight is 297 g/mol. The molecule has 0 spiro atoms. The van der Waals surface area contributed by atoms with Crippen LogP contribution in [-0.2, 0) is 0 Å². The van der Waals surface area contributed by atoms with Crippen LogP contribution in [0.5, 0.6) is 0 Å². The Morgan fingerprint density at radius 1 is 1.35 bits per heavy atom. The lowest BCUT2D eigenvalue weighted by Gasteiger charge is -2.12. The minimum Gasteiger partial charge on any atom is -0.451 e. The van der Waals surface area contributed by atoms with Crippen LogP contribution in [0.25, 0.3) is 11.0 Å². The summed E-state index contributed by atoms with van der Waals surface area (Å²) in [5.41, 5.74) is 1.65. The monoisotopic (exact) mass is 296 g/mol. The average Bonchev–Trinajstić information content (AvgIpc) is 2.74. The first kappa shape index (κ1) is 16.5. The van der Waals surface area contributed by atoms with Gasteiger partial charge in [-0.25, -0.2) is 0 Å². The van der Waals surface area contributed by atoms with Gasteiger partial charge in [-0.3, -0.25) is 4.79 Å². The highest BCUT2D eigenvalue weighted by Crippen LogP contribution is 2.24. The quantitative estimate of drug-likeness (QED) is 0.892. The topological polar surface area (TPSA) is 54.3 Å². The second-order valence-electron chi connectivity index (χ2n) is 4.72. The number of hydrogen-bond donors (Lipinski definition) is 2. The van der Waals surface area contributed by atoms with Gasteiger partial charge in [-0.1, -0.05) is 25.1 Å². The standard InChI is InChI=1S/C15H20N2O2.ClH/c1-4-16-10(2)9-17-15(18)14-11(3)12-7-5-6-8-13(12)19-14;/h5-8,10,16H,4,9H2,1-3H3,(H,17,18);1H/t10-;/m1./s1. The van der Waals surface area contributed by atoms with Gasteiger partial charge in [0.25, 0.3) is 5.91 Å². The van der Waals surface area contributed by atoms with Gasteiger partial charge in [0, 0.05) is 23.5 Å². The fourth-order valence-corrected chi connectivity index (χ4v) is 2.14. The van der Waals surface area contributed by atoms with Crippen LogP contribution in [-0.4, -0.2) is 25.0 Å². The van der Waals surface area contributed by atoms with Crippen LogP contribution in [0.2, 0.25) is 0 Å². The zero-order chi connectivity index (χ0) is 13.8. The molecule has 0 aliphatic heterocycles. The highest BCUT2D eigenvalue weighted by Gasteiger charge is 2.17.